The Bertz CT molecular complexity index is 455. The summed E-state index contributed by atoms with van der Waals surface area (Å²) in [6.07, 6.45) is -3.18. The van der Waals surface area contributed by atoms with Crippen molar-refractivity contribution in [1.29, 1.82) is 0 Å². The number of benzene rings is 1. The van der Waals surface area contributed by atoms with E-state index in [-0.39, 0.29) is 18.6 Å². The van der Waals surface area contributed by atoms with Gasteiger partial charge in [0.2, 0.25) is 0 Å². The topological polar surface area (TPSA) is 46.5 Å². The van der Waals surface area contributed by atoms with Crippen molar-refractivity contribution in [2.75, 3.05) is 0 Å². The Morgan fingerprint density at radius 1 is 1.42 bits per heavy atom. The molecule has 0 heterocycles. The minimum atomic E-state index is -4.76. The molecule has 3 nitrogen and oxygen atoms in total. The van der Waals surface area contributed by atoms with Gasteiger partial charge in [-0.3, -0.25) is 4.79 Å². The van der Waals surface area contributed by atoms with E-state index >= 15 is 0 Å². The SMILES string of the molecule is C=CC(CCc1ccccc1OC(F)(F)F)C(=O)O. The van der Waals surface area contributed by atoms with Gasteiger partial charge in [0.1, 0.15) is 5.75 Å². The van der Waals surface area contributed by atoms with E-state index < -0.39 is 18.2 Å². The van der Waals surface area contributed by atoms with Gasteiger partial charge in [-0.05, 0) is 24.5 Å². The Balaban J connectivity index is 2.78. The molecule has 0 aliphatic carbocycles. The van der Waals surface area contributed by atoms with Gasteiger partial charge >= 0.3 is 12.3 Å². The van der Waals surface area contributed by atoms with Crippen molar-refractivity contribution in [3.63, 3.8) is 0 Å². The average Bonchev–Trinajstić information content (AvgIpc) is 2.29. The molecule has 0 spiro atoms. The number of carboxylic acids is 1. The van der Waals surface area contributed by atoms with Crippen LogP contribution in [0.5, 0.6) is 5.75 Å². The number of alkyl halides is 3. The van der Waals surface area contributed by atoms with Crippen LogP contribution in [0.2, 0.25) is 0 Å². The number of para-hydroxylation sites is 1. The lowest BCUT2D eigenvalue weighted by molar-refractivity contribution is -0.274. The highest BCUT2D eigenvalue weighted by Gasteiger charge is 2.32. The van der Waals surface area contributed by atoms with Gasteiger partial charge in [-0.25, -0.2) is 0 Å². The van der Waals surface area contributed by atoms with Crippen molar-refractivity contribution in [3.8, 4) is 5.75 Å². The van der Waals surface area contributed by atoms with Crippen molar-refractivity contribution in [3.05, 3.63) is 42.5 Å². The molecule has 19 heavy (non-hydrogen) atoms. The minimum absolute atomic E-state index is 0.162. The predicted molar refractivity (Wildman–Crippen MR) is 62.8 cm³/mol. The zero-order chi connectivity index (χ0) is 14.5. The molecule has 1 rings (SSSR count). The normalized spacial score (nSPS) is 12.8. The van der Waals surface area contributed by atoms with Crippen LogP contribution < -0.4 is 4.74 Å². The fourth-order valence-electron chi connectivity index (χ4n) is 1.59. The van der Waals surface area contributed by atoms with Crippen molar-refractivity contribution < 1.29 is 27.8 Å². The Hall–Kier alpha value is -1.98. The number of carbonyl (C=O) groups is 1. The lowest BCUT2D eigenvalue weighted by Gasteiger charge is -2.14. The summed E-state index contributed by atoms with van der Waals surface area (Å²) in [5, 5.41) is 8.82. The standard InChI is InChI=1S/C13H13F3O3/c1-2-9(12(17)18)7-8-10-5-3-4-6-11(10)19-13(14,15)16/h2-6,9H,1,7-8H2,(H,17,18). The maximum Gasteiger partial charge on any atom is 0.573 e. The molecule has 1 unspecified atom stereocenters. The van der Waals surface area contributed by atoms with Crippen LogP contribution in [0, 0.1) is 5.92 Å². The van der Waals surface area contributed by atoms with E-state index in [0.29, 0.717) is 5.56 Å². The summed E-state index contributed by atoms with van der Waals surface area (Å²) < 4.78 is 40.4. The molecule has 0 aromatic heterocycles. The number of carboxylic acid groups (broad SMARTS) is 1. The van der Waals surface area contributed by atoms with E-state index in [1.165, 1.54) is 24.3 Å². The van der Waals surface area contributed by atoms with Crippen LogP contribution in [0.1, 0.15) is 12.0 Å². The molecule has 0 bridgehead atoms. The minimum Gasteiger partial charge on any atom is -0.481 e. The molecule has 1 aromatic rings. The smallest absolute Gasteiger partial charge is 0.481 e. The predicted octanol–water partition coefficient (Wildman–Crippen LogP) is 3.40. The van der Waals surface area contributed by atoms with Gasteiger partial charge in [0.05, 0.1) is 5.92 Å². The average molecular weight is 274 g/mol. The third kappa shape index (κ3) is 5.03. The van der Waals surface area contributed by atoms with Gasteiger partial charge in [-0.2, -0.15) is 0 Å². The molecular weight excluding hydrogens is 261 g/mol. The molecule has 6 heteroatoms. The zero-order valence-electron chi connectivity index (χ0n) is 9.98. The summed E-state index contributed by atoms with van der Waals surface area (Å²) in [5.74, 6) is -2.15. The summed E-state index contributed by atoms with van der Waals surface area (Å²) >= 11 is 0. The second kappa shape index (κ2) is 6.26. The molecule has 0 saturated heterocycles. The third-order valence-corrected chi connectivity index (χ3v) is 2.52. The lowest BCUT2D eigenvalue weighted by atomic mass is 9.99. The van der Waals surface area contributed by atoms with Gasteiger partial charge in [0.15, 0.2) is 0 Å². The van der Waals surface area contributed by atoms with Crippen LogP contribution in [0.15, 0.2) is 36.9 Å². The molecule has 0 radical (unpaired) electrons. The molecule has 0 aliphatic heterocycles. The quantitative estimate of drug-likeness (QED) is 0.809. The molecule has 1 aromatic carbocycles. The van der Waals surface area contributed by atoms with Crippen LogP contribution >= 0.6 is 0 Å². The number of aliphatic carboxylic acids is 1. The van der Waals surface area contributed by atoms with Gasteiger partial charge in [0, 0.05) is 0 Å². The zero-order valence-corrected chi connectivity index (χ0v) is 9.98. The summed E-state index contributed by atoms with van der Waals surface area (Å²) in [6, 6.07) is 5.67. The van der Waals surface area contributed by atoms with Crippen molar-refractivity contribution >= 4 is 5.97 Å². The first-order valence-corrected chi connectivity index (χ1v) is 5.52. The first-order valence-electron chi connectivity index (χ1n) is 5.52. The number of aryl methyl sites for hydroxylation is 1. The van der Waals surface area contributed by atoms with Gasteiger partial charge in [-0.15, -0.1) is 19.8 Å². The van der Waals surface area contributed by atoms with Gasteiger partial charge in [0.25, 0.3) is 0 Å². The van der Waals surface area contributed by atoms with Crippen molar-refractivity contribution in [1.82, 2.24) is 0 Å². The largest absolute Gasteiger partial charge is 0.573 e. The van der Waals surface area contributed by atoms with Crippen molar-refractivity contribution in [2.24, 2.45) is 5.92 Å². The Morgan fingerprint density at radius 2 is 2.05 bits per heavy atom. The van der Waals surface area contributed by atoms with Crippen LogP contribution in [0.25, 0.3) is 0 Å². The number of rotatable bonds is 6. The van der Waals surface area contributed by atoms with E-state index in [2.05, 4.69) is 11.3 Å². The molecule has 0 amide bonds. The number of hydrogen-bond acceptors (Lipinski definition) is 2. The Kier molecular flexibility index (Phi) is 4.97. The van der Waals surface area contributed by atoms with Crippen molar-refractivity contribution in [2.45, 2.75) is 19.2 Å². The molecular formula is C13H13F3O3. The van der Waals surface area contributed by atoms with Gasteiger partial charge < -0.3 is 9.84 Å². The van der Waals surface area contributed by atoms with E-state index in [4.69, 9.17) is 5.11 Å². The van der Waals surface area contributed by atoms with Gasteiger partial charge in [-0.1, -0.05) is 24.3 Å². The first-order chi connectivity index (χ1) is 8.83. The Morgan fingerprint density at radius 3 is 2.58 bits per heavy atom. The molecule has 0 saturated carbocycles. The second-order valence-electron chi connectivity index (χ2n) is 3.87. The van der Waals surface area contributed by atoms with E-state index in [0.717, 1.165) is 0 Å². The Labute approximate surface area is 108 Å². The van der Waals surface area contributed by atoms with Crippen LogP contribution in [0.4, 0.5) is 13.2 Å². The lowest BCUT2D eigenvalue weighted by Crippen LogP contribution is -2.18. The molecule has 0 fully saturated rings. The number of hydrogen-bond donors (Lipinski definition) is 1. The summed E-state index contributed by atoms with van der Waals surface area (Å²) in [5.41, 5.74) is 0.313. The van der Waals surface area contributed by atoms with E-state index in [9.17, 15) is 18.0 Å². The van der Waals surface area contributed by atoms with Crippen LogP contribution in [-0.4, -0.2) is 17.4 Å². The molecule has 1 N–H and O–H groups in total. The highest BCUT2D eigenvalue weighted by atomic mass is 19.4. The van der Waals surface area contributed by atoms with E-state index in [1.54, 1.807) is 6.07 Å². The highest BCUT2D eigenvalue weighted by Crippen LogP contribution is 2.27. The maximum atomic E-state index is 12.2. The third-order valence-electron chi connectivity index (χ3n) is 2.52. The molecule has 0 aliphatic rings. The monoisotopic (exact) mass is 274 g/mol. The fourth-order valence-corrected chi connectivity index (χ4v) is 1.59. The summed E-state index contributed by atoms with van der Waals surface area (Å²) in [6.45, 7) is 3.38. The maximum absolute atomic E-state index is 12.2. The second-order valence-corrected chi connectivity index (χ2v) is 3.87. The van der Waals surface area contributed by atoms with Crippen LogP contribution in [0.3, 0.4) is 0 Å². The van der Waals surface area contributed by atoms with Crippen LogP contribution in [-0.2, 0) is 11.2 Å². The number of halogens is 3. The summed E-state index contributed by atoms with van der Waals surface area (Å²) in [7, 11) is 0. The molecule has 1 atom stereocenters. The molecule has 104 valence electrons. The fraction of sp³-hybridized carbons (Fsp3) is 0.308. The number of ether oxygens (including phenoxy) is 1. The van der Waals surface area contributed by atoms with E-state index in [1.807, 2.05) is 0 Å². The first kappa shape index (κ1) is 15.1. The summed E-state index contributed by atoms with van der Waals surface area (Å²) in [4.78, 5) is 10.8. The highest BCUT2D eigenvalue weighted by molar-refractivity contribution is 5.71.